The fourth-order valence-corrected chi connectivity index (χ4v) is 2.28. The van der Waals surface area contributed by atoms with Crippen LogP contribution in [0.25, 0.3) is 0 Å². The second kappa shape index (κ2) is 5.33. The summed E-state index contributed by atoms with van der Waals surface area (Å²) in [7, 11) is 0. The SMILES string of the molecule is O=C(Cc1ccccc1F)Nc1ccc2c(c1)CCO2. The van der Waals surface area contributed by atoms with Gasteiger partial charge in [0.1, 0.15) is 11.6 Å². The molecule has 0 spiro atoms. The molecule has 2 aromatic carbocycles. The van der Waals surface area contributed by atoms with Crippen molar-refractivity contribution in [2.24, 2.45) is 0 Å². The number of hydrogen-bond donors (Lipinski definition) is 1. The van der Waals surface area contributed by atoms with E-state index in [1.54, 1.807) is 24.3 Å². The van der Waals surface area contributed by atoms with E-state index in [2.05, 4.69) is 5.32 Å². The summed E-state index contributed by atoms with van der Waals surface area (Å²) in [5, 5.41) is 2.79. The monoisotopic (exact) mass is 271 g/mol. The molecule has 0 fully saturated rings. The van der Waals surface area contributed by atoms with E-state index in [4.69, 9.17) is 4.74 Å². The van der Waals surface area contributed by atoms with Gasteiger partial charge in [-0.3, -0.25) is 4.79 Å². The molecule has 0 bridgehead atoms. The third-order valence-electron chi connectivity index (χ3n) is 3.28. The number of ether oxygens (including phenoxy) is 1. The average Bonchev–Trinajstić information content (AvgIpc) is 2.89. The van der Waals surface area contributed by atoms with Crippen LogP contribution in [0.4, 0.5) is 10.1 Å². The first-order chi connectivity index (χ1) is 9.72. The van der Waals surface area contributed by atoms with Crippen LogP contribution in [0.15, 0.2) is 42.5 Å². The quantitative estimate of drug-likeness (QED) is 0.932. The molecule has 3 nitrogen and oxygen atoms in total. The number of rotatable bonds is 3. The molecule has 0 radical (unpaired) electrons. The molecule has 0 aliphatic carbocycles. The number of benzene rings is 2. The Kier molecular flexibility index (Phi) is 3.37. The van der Waals surface area contributed by atoms with Gasteiger partial charge in [-0.2, -0.15) is 0 Å². The molecular formula is C16H14FNO2. The van der Waals surface area contributed by atoms with Gasteiger partial charge in [0.05, 0.1) is 13.0 Å². The normalized spacial score (nSPS) is 12.7. The number of nitrogens with one attached hydrogen (secondary N) is 1. The molecule has 0 atom stereocenters. The van der Waals surface area contributed by atoms with Gasteiger partial charge in [0.2, 0.25) is 5.91 Å². The zero-order chi connectivity index (χ0) is 13.9. The third-order valence-corrected chi connectivity index (χ3v) is 3.28. The first-order valence-corrected chi connectivity index (χ1v) is 6.51. The van der Waals surface area contributed by atoms with Gasteiger partial charge >= 0.3 is 0 Å². The molecule has 3 rings (SSSR count). The van der Waals surface area contributed by atoms with Crippen molar-refractivity contribution in [3.8, 4) is 5.75 Å². The van der Waals surface area contributed by atoms with Crippen molar-refractivity contribution in [2.45, 2.75) is 12.8 Å². The van der Waals surface area contributed by atoms with Gasteiger partial charge in [0.15, 0.2) is 0 Å². The molecule has 4 heteroatoms. The zero-order valence-corrected chi connectivity index (χ0v) is 10.9. The van der Waals surface area contributed by atoms with Crippen LogP contribution in [0, 0.1) is 5.82 Å². The summed E-state index contributed by atoms with van der Waals surface area (Å²) < 4.78 is 18.9. The molecule has 102 valence electrons. The van der Waals surface area contributed by atoms with Crippen molar-refractivity contribution in [3.63, 3.8) is 0 Å². The minimum atomic E-state index is -0.356. The Morgan fingerprint density at radius 3 is 2.95 bits per heavy atom. The maximum Gasteiger partial charge on any atom is 0.228 e. The first-order valence-electron chi connectivity index (χ1n) is 6.51. The van der Waals surface area contributed by atoms with Crippen molar-refractivity contribution < 1.29 is 13.9 Å². The molecule has 0 unspecified atom stereocenters. The molecule has 1 amide bonds. The van der Waals surface area contributed by atoms with Crippen molar-refractivity contribution >= 4 is 11.6 Å². The molecule has 1 heterocycles. The Bertz CT molecular complexity index is 655. The number of carbonyl (C=O) groups excluding carboxylic acids is 1. The second-order valence-electron chi connectivity index (χ2n) is 4.74. The highest BCUT2D eigenvalue weighted by atomic mass is 19.1. The molecule has 0 aromatic heterocycles. The van der Waals surface area contributed by atoms with Crippen molar-refractivity contribution in [1.82, 2.24) is 0 Å². The lowest BCUT2D eigenvalue weighted by molar-refractivity contribution is -0.115. The number of carbonyl (C=O) groups is 1. The Labute approximate surface area is 116 Å². The summed E-state index contributed by atoms with van der Waals surface area (Å²) in [6.07, 6.45) is 0.882. The minimum absolute atomic E-state index is 0.0280. The van der Waals surface area contributed by atoms with Crippen LogP contribution in [0.3, 0.4) is 0 Å². The van der Waals surface area contributed by atoms with Crippen LogP contribution in [0.1, 0.15) is 11.1 Å². The topological polar surface area (TPSA) is 38.3 Å². The lowest BCUT2D eigenvalue weighted by Crippen LogP contribution is -2.15. The van der Waals surface area contributed by atoms with Gasteiger partial charge in [-0.15, -0.1) is 0 Å². The molecule has 0 saturated heterocycles. The van der Waals surface area contributed by atoms with Gasteiger partial charge in [0, 0.05) is 12.1 Å². The fourth-order valence-electron chi connectivity index (χ4n) is 2.28. The number of hydrogen-bond acceptors (Lipinski definition) is 2. The average molecular weight is 271 g/mol. The maximum absolute atomic E-state index is 13.5. The zero-order valence-electron chi connectivity index (χ0n) is 10.9. The molecule has 20 heavy (non-hydrogen) atoms. The molecule has 0 saturated carbocycles. The van der Waals surface area contributed by atoms with Crippen molar-refractivity contribution in [1.29, 1.82) is 0 Å². The van der Waals surface area contributed by atoms with E-state index >= 15 is 0 Å². The molecule has 2 aromatic rings. The van der Waals surface area contributed by atoms with Crippen LogP contribution >= 0.6 is 0 Å². The highest BCUT2D eigenvalue weighted by molar-refractivity contribution is 5.92. The molecule has 1 aliphatic rings. The fraction of sp³-hybridized carbons (Fsp3) is 0.188. The standard InChI is InChI=1S/C16H14FNO2/c17-14-4-2-1-3-11(14)10-16(19)18-13-5-6-15-12(9-13)7-8-20-15/h1-6,9H,7-8,10H2,(H,18,19). The number of fused-ring (bicyclic) bond motifs is 1. The first kappa shape index (κ1) is 12.7. The predicted molar refractivity (Wildman–Crippen MR) is 74.4 cm³/mol. The highest BCUT2D eigenvalue weighted by Crippen LogP contribution is 2.27. The summed E-state index contributed by atoms with van der Waals surface area (Å²) in [6, 6.07) is 11.8. The molecule has 1 N–H and O–H groups in total. The van der Waals surface area contributed by atoms with E-state index < -0.39 is 0 Å². The van der Waals surface area contributed by atoms with E-state index in [1.807, 2.05) is 12.1 Å². The highest BCUT2D eigenvalue weighted by Gasteiger charge is 2.13. The summed E-state index contributed by atoms with van der Waals surface area (Å²) in [5.74, 6) is 0.288. The Morgan fingerprint density at radius 2 is 2.10 bits per heavy atom. The van der Waals surface area contributed by atoms with Gasteiger partial charge in [0.25, 0.3) is 0 Å². The number of halogens is 1. The number of amides is 1. The Morgan fingerprint density at radius 1 is 1.25 bits per heavy atom. The Hall–Kier alpha value is -2.36. The van der Waals surface area contributed by atoms with Gasteiger partial charge in [-0.05, 0) is 35.4 Å². The largest absolute Gasteiger partial charge is 0.493 e. The smallest absolute Gasteiger partial charge is 0.228 e. The Balaban J connectivity index is 1.69. The van der Waals surface area contributed by atoms with Crippen LogP contribution in [0.2, 0.25) is 0 Å². The van der Waals surface area contributed by atoms with Crippen LogP contribution < -0.4 is 10.1 Å². The summed E-state index contributed by atoms with van der Waals surface area (Å²) in [6.45, 7) is 0.682. The second-order valence-corrected chi connectivity index (χ2v) is 4.74. The third kappa shape index (κ3) is 2.64. The number of anilines is 1. The van der Waals surface area contributed by atoms with Gasteiger partial charge in [-0.1, -0.05) is 18.2 Å². The van der Waals surface area contributed by atoms with E-state index in [-0.39, 0.29) is 18.1 Å². The van der Waals surface area contributed by atoms with Gasteiger partial charge in [-0.25, -0.2) is 4.39 Å². The van der Waals surface area contributed by atoms with Crippen molar-refractivity contribution in [2.75, 3.05) is 11.9 Å². The predicted octanol–water partition coefficient (Wildman–Crippen LogP) is 2.94. The van der Waals surface area contributed by atoms with Gasteiger partial charge < -0.3 is 10.1 Å². The van der Waals surface area contributed by atoms with Crippen LogP contribution in [-0.2, 0) is 17.6 Å². The summed E-state index contributed by atoms with van der Waals surface area (Å²) in [5.41, 5.74) is 2.21. The van der Waals surface area contributed by atoms with E-state index in [0.717, 1.165) is 23.4 Å². The van der Waals surface area contributed by atoms with E-state index in [0.29, 0.717) is 12.2 Å². The summed E-state index contributed by atoms with van der Waals surface area (Å²) in [4.78, 5) is 11.9. The van der Waals surface area contributed by atoms with Crippen molar-refractivity contribution in [3.05, 3.63) is 59.4 Å². The lowest BCUT2D eigenvalue weighted by Gasteiger charge is -2.07. The summed E-state index contributed by atoms with van der Waals surface area (Å²) >= 11 is 0. The minimum Gasteiger partial charge on any atom is -0.493 e. The molecular weight excluding hydrogens is 257 g/mol. The van der Waals surface area contributed by atoms with E-state index in [1.165, 1.54) is 6.07 Å². The van der Waals surface area contributed by atoms with Crippen LogP contribution in [0.5, 0.6) is 5.75 Å². The van der Waals surface area contributed by atoms with E-state index in [9.17, 15) is 9.18 Å². The molecule has 1 aliphatic heterocycles. The maximum atomic E-state index is 13.5. The lowest BCUT2D eigenvalue weighted by atomic mass is 10.1. The van der Waals surface area contributed by atoms with Crippen LogP contribution in [-0.4, -0.2) is 12.5 Å².